The Morgan fingerprint density at radius 2 is 1.06 bits per heavy atom. The first-order chi connectivity index (χ1) is 22.8. The van der Waals surface area contributed by atoms with E-state index in [0.717, 1.165) is 30.4 Å². The molecule has 0 bridgehead atoms. The standard InChI is InChI=1S/C35H40N4O8/c1-20-12-26-32(44-5)36-24-16-30(28(42-3)14-22(24)34(40)38(26)18-20)46-10-8-7-9-11-47-31-17-25-23(15-29(31)43-4)35(41)39-19-21(2)13-27(39)33(37-25)45-6/h14-17,26-27H,1-2,7-13,18-19H2,3-6H3/t26-,27-/m0/s1. The molecule has 2 saturated heterocycles. The van der Waals surface area contributed by atoms with E-state index in [2.05, 4.69) is 23.1 Å². The number of hydrogen-bond acceptors (Lipinski definition) is 10. The van der Waals surface area contributed by atoms with E-state index in [0.29, 0.717) is 96.4 Å². The van der Waals surface area contributed by atoms with Crippen LogP contribution in [0, 0.1) is 0 Å². The number of nitrogens with zero attached hydrogens (tertiary/aromatic N) is 4. The largest absolute Gasteiger partial charge is 0.493 e. The highest BCUT2D eigenvalue weighted by Gasteiger charge is 2.40. The van der Waals surface area contributed by atoms with Gasteiger partial charge < -0.3 is 38.2 Å². The molecule has 2 aromatic carbocycles. The van der Waals surface area contributed by atoms with Gasteiger partial charge in [0.1, 0.15) is 12.1 Å². The Morgan fingerprint density at radius 1 is 0.638 bits per heavy atom. The van der Waals surface area contributed by atoms with Gasteiger partial charge in [-0.1, -0.05) is 24.3 Å². The molecule has 4 heterocycles. The van der Waals surface area contributed by atoms with E-state index in [1.807, 2.05) is 0 Å². The van der Waals surface area contributed by atoms with Crippen LogP contribution in [0.4, 0.5) is 11.4 Å². The fraction of sp³-hybridized carbons (Fsp3) is 0.429. The number of hydrogen-bond donors (Lipinski definition) is 0. The van der Waals surface area contributed by atoms with E-state index in [4.69, 9.17) is 28.4 Å². The number of carbonyl (C=O) groups is 2. The van der Waals surface area contributed by atoms with Gasteiger partial charge in [-0.3, -0.25) is 9.59 Å². The van der Waals surface area contributed by atoms with Gasteiger partial charge in [0.05, 0.1) is 64.2 Å². The summed E-state index contributed by atoms with van der Waals surface area (Å²) in [6.45, 7) is 9.90. The fourth-order valence-corrected chi connectivity index (χ4v) is 6.44. The summed E-state index contributed by atoms with van der Waals surface area (Å²) >= 11 is 0. The van der Waals surface area contributed by atoms with Gasteiger partial charge in [0.15, 0.2) is 23.0 Å². The zero-order chi connectivity index (χ0) is 33.2. The highest BCUT2D eigenvalue weighted by molar-refractivity contribution is 6.07. The Balaban J connectivity index is 1.06. The van der Waals surface area contributed by atoms with Crippen molar-refractivity contribution < 1.29 is 38.0 Å². The molecule has 0 radical (unpaired) electrons. The van der Waals surface area contributed by atoms with Crippen LogP contribution in [0.15, 0.2) is 58.6 Å². The quantitative estimate of drug-likeness (QED) is 0.254. The number of amides is 2. The number of aliphatic imine (C=N–C) groups is 2. The molecule has 47 heavy (non-hydrogen) atoms. The molecule has 12 heteroatoms. The highest BCUT2D eigenvalue weighted by atomic mass is 16.5. The Bertz CT molecular complexity index is 1560. The van der Waals surface area contributed by atoms with Gasteiger partial charge in [-0.2, -0.15) is 0 Å². The molecule has 6 rings (SSSR count). The van der Waals surface area contributed by atoms with Gasteiger partial charge in [-0.05, 0) is 44.2 Å². The first-order valence-electron chi connectivity index (χ1n) is 15.7. The topological polar surface area (TPSA) is 121 Å². The van der Waals surface area contributed by atoms with Crippen molar-refractivity contribution in [1.29, 1.82) is 0 Å². The fourth-order valence-electron chi connectivity index (χ4n) is 6.44. The monoisotopic (exact) mass is 644 g/mol. The van der Waals surface area contributed by atoms with Crippen LogP contribution in [0.5, 0.6) is 23.0 Å². The zero-order valence-corrected chi connectivity index (χ0v) is 27.3. The van der Waals surface area contributed by atoms with Crippen molar-refractivity contribution >= 4 is 35.0 Å². The second-order valence-corrected chi connectivity index (χ2v) is 11.9. The molecule has 2 atom stereocenters. The molecule has 0 saturated carbocycles. The zero-order valence-electron chi connectivity index (χ0n) is 27.3. The summed E-state index contributed by atoms with van der Waals surface area (Å²) in [7, 11) is 6.22. The molecule has 0 aliphatic carbocycles. The van der Waals surface area contributed by atoms with Crippen LogP contribution >= 0.6 is 0 Å². The molecular weight excluding hydrogens is 604 g/mol. The van der Waals surface area contributed by atoms with Crippen LogP contribution in [0.1, 0.15) is 52.8 Å². The van der Waals surface area contributed by atoms with E-state index in [1.54, 1.807) is 62.5 Å². The van der Waals surface area contributed by atoms with Crippen LogP contribution in [0.3, 0.4) is 0 Å². The molecule has 4 aliphatic heterocycles. The molecule has 0 unspecified atom stereocenters. The molecule has 0 aromatic heterocycles. The third kappa shape index (κ3) is 6.11. The maximum absolute atomic E-state index is 13.4. The molecule has 4 aliphatic rings. The number of carbonyl (C=O) groups excluding carboxylic acids is 2. The minimum atomic E-state index is -0.271. The van der Waals surface area contributed by atoms with Crippen molar-refractivity contribution in [3.63, 3.8) is 0 Å². The molecule has 0 N–H and O–H groups in total. The molecule has 0 spiro atoms. The molecule has 248 valence electrons. The average Bonchev–Trinajstić information content (AvgIpc) is 3.61. The second kappa shape index (κ2) is 13.4. The van der Waals surface area contributed by atoms with E-state index in [1.165, 1.54) is 0 Å². The number of fused-ring (bicyclic) bond motifs is 4. The summed E-state index contributed by atoms with van der Waals surface area (Å²) in [5, 5.41) is 0. The average molecular weight is 645 g/mol. The lowest BCUT2D eigenvalue weighted by Crippen LogP contribution is -2.39. The first-order valence-corrected chi connectivity index (χ1v) is 15.7. The van der Waals surface area contributed by atoms with Crippen LogP contribution in [0.25, 0.3) is 0 Å². The number of unbranched alkanes of at least 4 members (excludes halogenated alkanes) is 2. The SMILES string of the molecule is C=C1C[C@H]2C(OC)=Nc3cc(OCCCCCOc4cc5c(cc4OC)C(=O)N4CC(=C)C[C@H]4C(OC)=N5)c(OC)cc3C(=O)N2C1. The summed E-state index contributed by atoms with van der Waals surface area (Å²) < 4.78 is 34.5. The third-order valence-electron chi connectivity index (χ3n) is 8.80. The van der Waals surface area contributed by atoms with Crippen LogP contribution in [-0.2, 0) is 9.47 Å². The summed E-state index contributed by atoms with van der Waals surface area (Å²) in [4.78, 5) is 39.6. The van der Waals surface area contributed by atoms with Crippen molar-refractivity contribution in [3.8, 4) is 23.0 Å². The first kappa shape index (κ1) is 32.0. The second-order valence-electron chi connectivity index (χ2n) is 11.9. The lowest BCUT2D eigenvalue weighted by Gasteiger charge is -2.22. The summed E-state index contributed by atoms with van der Waals surface area (Å²) in [5.74, 6) is 2.61. The van der Waals surface area contributed by atoms with Crippen molar-refractivity contribution in [2.75, 3.05) is 54.7 Å². The van der Waals surface area contributed by atoms with Crippen LogP contribution < -0.4 is 18.9 Å². The van der Waals surface area contributed by atoms with Gasteiger partial charge in [-0.25, -0.2) is 9.98 Å². The normalized spacial score (nSPS) is 19.9. The van der Waals surface area contributed by atoms with Crippen molar-refractivity contribution in [3.05, 3.63) is 59.7 Å². The Hall–Kier alpha value is -5.00. The van der Waals surface area contributed by atoms with Crippen molar-refractivity contribution in [2.45, 2.75) is 44.2 Å². The van der Waals surface area contributed by atoms with Crippen molar-refractivity contribution in [1.82, 2.24) is 9.80 Å². The lowest BCUT2D eigenvalue weighted by atomic mass is 10.1. The number of methoxy groups -OCH3 is 4. The van der Waals surface area contributed by atoms with Gasteiger partial charge in [0, 0.05) is 25.2 Å². The predicted molar refractivity (Wildman–Crippen MR) is 176 cm³/mol. The molecule has 12 nitrogen and oxygen atoms in total. The Kier molecular flexibility index (Phi) is 9.10. The van der Waals surface area contributed by atoms with E-state index in [-0.39, 0.29) is 23.9 Å². The minimum Gasteiger partial charge on any atom is -0.493 e. The smallest absolute Gasteiger partial charge is 0.257 e. The predicted octanol–water partition coefficient (Wildman–Crippen LogP) is 5.25. The summed E-state index contributed by atoms with van der Waals surface area (Å²) in [6.07, 6.45) is 3.58. The lowest BCUT2D eigenvalue weighted by molar-refractivity contribution is 0.0758. The summed E-state index contributed by atoms with van der Waals surface area (Å²) in [5.41, 5.74) is 3.77. The molecule has 2 amide bonds. The maximum Gasteiger partial charge on any atom is 0.257 e. The van der Waals surface area contributed by atoms with Gasteiger partial charge >= 0.3 is 0 Å². The summed E-state index contributed by atoms with van der Waals surface area (Å²) in [6, 6.07) is 6.29. The van der Waals surface area contributed by atoms with Gasteiger partial charge in [-0.15, -0.1) is 0 Å². The number of benzene rings is 2. The van der Waals surface area contributed by atoms with Crippen molar-refractivity contribution in [2.24, 2.45) is 9.98 Å². The third-order valence-corrected chi connectivity index (χ3v) is 8.80. The molecule has 2 fully saturated rings. The Morgan fingerprint density at radius 3 is 1.45 bits per heavy atom. The van der Waals surface area contributed by atoms with Crippen LogP contribution in [-0.4, -0.2) is 100 Å². The van der Waals surface area contributed by atoms with E-state index >= 15 is 0 Å². The van der Waals surface area contributed by atoms with Gasteiger partial charge in [0.25, 0.3) is 11.8 Å². The van der Waals surface area contributed by atoms with Gasteiger partial charge in [0.2, 0.25) is 11.8 Å². The van der Waals surface area contributed by atoms with E-state index < -0.39 is 0 Å². The molecular formula is C35H40N4O8. The number of ether oxygens (including phenoxy) is 6. The molecule has 2 aromatic rings. The maximum atomic E-state index is 13.4. The number of rotatable bonds is 10. The Labute approximate surface area is 274 Å². The van der Waals surface area contributed by atoms with E-state index in [9.17, 15) is 9.59 Å². The highest BCUT2D eigenvalue weighted by Crippen LogP contribution is 2.41. The minimum absolute atomic E-state index is 0.139. The van der Waals surface area contributed by atoms with Crippen LogP contribution in [0.2, 0.25) is 0 Å².